The zero-order chi connectivity index (χ0) is 13.3. The molecule has 0 atom stereocenters. The van der Waals surface area contributed by atoms with Gasteiger partial charge in [0.15, 0.2) is 0 Å². The van der Waals surface area contributed by atoms with Crippen LogP contribution < -0.4 is 5.32 Å². The van der Waals surface area contributed by atoms with Gasteiger partial charge in [-0.15, -0.1) is 0 Å². The lowest BCUT2D eigenvalue weighted by molar-refractivity contribution is -0.186. The van der Waals surface area contributed by atoms with Crippen molar-refractivity contribution in [1.82, 2.24) is 4.90 Å². The Morgan fingerprint density at radius 2 is 1.89 bits per heavy atom. The SMILES string of the molecule is O=C1CN(C(=O)C(F)(F)F)Cc2ccccc2N1. The number of amides is 2. The molecule has 2 rings (SSSR count). The molecule has 0 saturated carbocycles. The molecule has 0 aliphatic carbocycles. The second-order valence-electron chi connectivity index (χ2n) is 3.86. The molecule has 0 spiro atoms. The molecule has 0 radical (unpaired) electrons. The highest BCUT2D eigenvalue weighted by atomic mass is 19.4. The maximum absolute atomic E-state index is 12.3. The standard InChI is InChI=1S/C11H9F3N2O2/c12-11(13,14)10(18)16-5-7-3-1-2-4-8(7)15-9(17)6-16/h1-4H,5-6H2,(H,15,17). The summed E-state index contributed by atoms with van der Waals surface area (Å²) in [5.74, 6) is -2.65. The van der Waals surface area contributed by atoms with E-state index in [1.54, 1.807) is 24.3 Å². The second kappa shape index (κ2) is 4.32. The molecule has 1 heterocycles. The zero-order valence-corrected chi connectivity index (χ0v) is 9.12. The lowest BCUT2D eigenvalue weighted by atomic mass is 10.1. The second-order valence-corrected chi connectivity index (χ2v) is 3.86. The quantitative estimate of drug-likeness (QED) is 0.767. The highest BCUT2D eigenvalue weighted by molar-refractivity contribution is 5.97. The smallest absolute Gasteiger partial charge is 0.324 e. The highest BCUT2D eigenvalue weighted by Gasteiger charge is 2.43. The predicted octanol–water partition coefficient (Wildman–Crippen LogP) is 1.53. The van der Waals surface area contributed by atoms with Crippen molar-refractivity contribution in [2.45, 2.75) is 12.7 Å². The first-order valence-electron chi connectivity index (χ1n) is 5.12. The summed E-state index contributed by atoms with van der Waals surface area (Å²) in [6.07, 6.45) is -4.97. The highest BCUT2D eigenvalue weighted by Crippen LogP contribution is 2.24. The van der Waals surface area contributed by atoms with E-state index in [0.717, 1.165) is 0 Å². The summed E-state index contributed by atoms with van der Waals surface area (Å²) < 4.78 is 37.0. The van der Waals surface area contributed by atoms with E-state index in [-0.39, 0.29) is 6.54 Å². The molecule has 0 saturated heterocycles. The molecule has 1 aromatic carbocycles. The number of hydrogen-bond acceptors (Lipinski definition) is 2. The minimum atomic E-state index is -4.97. The molecule has 96 valence electrons. The van der Waals surface area contributed by atoms with E-state index in [1.807, 2.05) is 0 Å². The summed E-state index contributed by atoms with van der Waals surface area (Å²) in [7, 11) is 0. The summed E-state index contributed by atoms with van der Waals surface area (Å²) in [6.45, 7) is -0.847. The van der Waals surface area contributed by atoms with Crippen molar-refractivity contribution in [3.63, 3.8) is 0 Å². The number of anilines is 1. The van der Waals surface area contributed by atoms with Crippen molar-refractivity contribution in [3.05, 3.63) is 29.8 Å². The molecule has 0 unspecified atom stereocenters. The molecule has 1 aliphatic rings. The Labute approximate surface area is 100 Å². The van der Waals surface area contributed by atoms with Gasteiger partial charge in [0.1, 0.15) is 6.54 Å². The van der Waals surface area contributed by atoms with Gasteiger partial charge in [0, 0.05) is 12.2 Å². The van der Waals surface area contributed by atoms with E-state index in [0.29, 0.717) is 16.2 Å². The Morgan fingerprint density at radius 3 is 2.56 bits per heavy atom. The molecular formula is C11H9F3N2O2. The first-order valence-corrected chi connectivity index (χ1v) is 5.12. The Hall–Kier alpha value is -2.05. The summed E-state index contributed by atoms with van der Waals surface area (Å²) in [5.41, 5.74) is 0.904. The van der Waals surface area contributed by atoms with E-state index in [1.165, 1.54) is 0 Å². The Bertz CT molecular complexity index is 499. The van der Waals surface area contributed by atoms with Crippen LogP contribution in [0, 0.1) is 0 Å². The van der Waals surface area contributed by atoms with Gasteiger partial charge in [0.05, 0.1) is 0 Å². The molecule has 18 heavy (non-hydrogen) atoms. The number of fused-ring (bicyclic) bond motifs is 1. The van der Waals surface area contributed by atoms with Crippen molar-refractivity contribution in [3.8, 4) is 0 Å². The van der Waals surface area contributed by atoms with Crippen molar-refractivity contribution in [2.24, 2.45) is 0 Å². The van der Waals surface area contributed by atoms with Gasteiger partial charge >= 0.3 is 12.1 Å². The number of carbonyl (C=O) groups excluding carboxylic acids is 2. The molecule has 0 aromatic heterocycles. The summed E-state index contributed by atoms with van der Waals surface area (Å²) in [6, 6.07) is 6.43. The molecule has 2 amide bonds. The number of carbonyl (C=O) groups is 2. The Kier molecular flexibility index (Phi) is 2.98. The van der Waals surface area contributed by atoms with Gasteiger partial charge in [-0.25, -0.2) is 0 Å². The summed E-state index contributed by atoms with van der Waals surface area (Å²) in [4.78, 5) is 23.1. The fourth-order valence-corrected chi connectivity index (χ4v) is 1.73. The number of benzene rings is 1. The van der Waals surface area contributed by atoms with E-state index >= 15 is 0 Å². The van der Waals surface area contributed by atoms with E-state index in [9.17, 15) is 22.8 Å². The minimum Gasteiger partial charge on any atom is -0.324 e. The molecule has 1 N–H and O–H groups in total. The number of nitrogens with zero attached hydrogens (tertiary/aromatic N) is 1. The van der Waals surface area contributed by atoms with E-state index in [2.05, 4.69) is 5.32 Å². The third kappa shape index (κ3) is 2.44. The van der Waals surface area contributed by atoms with Crippen LogP contribution in [0.1, 0.15) is 5.56 Å². The maximum atomic E-state index is 12.3. The fourth-order valence-electron chi connectivity index (χ4n) is 1.73. The normalized spacial score (nSPS) is 15.7. The van der Waals surface area contributed by atoms with E-state index < -0.39 is 24.5 Å². The van der Waals surface area contributed by atoms with Crippen molar-refractivity contribution in [1.29, 1.82) is 0 Å². The van der Waals surface area contributed by atoms with Crippen molar-refractivity contribution >= 4 is 17.5 Å². The zero-order valence-electron chi connectivity index (χ0n) is 9.12. The third-order valence-electron chi connectivity index (χ3n) is 2.52. The van der Waals surface area contributed by atoms with Crippen LogP contribution in [0.5, 0.6) is 0 Å². The van der Waals surface area contributed by atoms with Gasteiger partial charge < -0.3 is 10.2 Å². The lowest BCUT2D eigenvalue weighted by Gasteiger charge is -2.20. The van der Waals surface area contributed by atoms with Crippen LogP contribution in [0.25, 0.3) is 0 Å². The number of para-hydroxylation sites is 1. The van der Waals surface area contributed by atoms with Gasteiger partial charge in [-0.05, 0) is 11.6 Å². The number of rotatable bonds is 0. The third-order valence-corrected chi connectivity index (χ3v) is 2.52. The maximum Gasteiger partial charge on any atom is 0.471 e. The Morgan fingerprint density at radius 1 is 1.22 bits per heavy atom. The lowest BCUT2D eigenvalue weighted by Crippen LogP contribution is -2.43. The molecule has 4 nitrogen and oxygen atoms in total. The molecule has 0 fully saturated rings. The van der Waals surface area contributed by atoms with Gasteiger partial charge in [-0.2, -0.15) is 13.2 Å². The van der Waals surface area contributed by atoms with Gasteiger partial charge in [-0.3, -0.25) is 9.59 Å². The predicted molar refractivity (Wildman–Crippen MR) is 56.5 cm³/mol. The van der Waals surface area contributed by atoms with Crippen LogP contribution in [-0.4, -0.2) is 29.4 Å². The number of nitrogens with one attached hydrogen (secondary N) is 1. The van der Waals surface area contributed by atoms with Gasteiger partial charge in [0.25, 0.3) is 0 Å². The largest absolute Gasteiger partial charge is 0.471 e. The van der Waals surface area contributed by atoms with Crippen LogP contribution in [0.3, 0.4) is 0 Å². The number of hydrogen-bond donors (Lipinski definition) is 1. The minimum absolute atomic E-state index is 0.243. The molecule has 7 heteroatoms. The summed E-state index contributed by atoms with van der Waals surface area (Å²) in [5, 5.41) is 2.46. The van der Waals surface area contributed by atoms with Gasteiger partial charge in [-0.1, -0.05) is 18.2 Å². The summed E-state index contributed by atoms with van der Waals surface area (Å²) >= 11 is 0. The topological polar surface area (TPSA) is 49.4 Å². The first kappa shape index (κ1) is 12.4. The molecule has 0 bridgehead atoms. The fraction of sp³-hybridized carbons (Fsp3) is 0.273. The van der Waals surface area contributed by atoms with Crippen LogP contribution in [0.15, 0.2) is 24.3 Å². The molecule has 1 aromatic rings. The van der Waals surface area contributed by atoms with Crippen LogP contribution in [0.2, 0.25) is 0 Å². The van der Waals surface area contributed by atoms with Crippen molar-refractivity contribution in [2.75, 3.05) is 11.9 Å². The number of alkyl halides is 3. The Balaban J connectivity index is 2.31. The van der Waals surface area contributed by atoms with Gasteiger partial charge in [0.2, 0.25) is 5.91 Å². The molecular weight excluding hydrogens is 249 g/mol. The average Bonchev–Trinajstić information content (AvgIpc) is 2.44. The van der Waals surface area contributed by atoms with Crippen LogP contribution in [0.4, 0.5) is 18.9 Å². The number of halogens is 3. The van der Waals surface area contributed by atoms with E-state index in [4.69, 9.17) is 0 Å². The first-order chi connectivity index (χ1) is 8.38. The van der Waals surface area contributed by atoms with Crippen molar-refractivity contribution < 1.29 is 22.8 Å². The van der Waals surface area contributed by atoms with Crippen LogP contribution >= 0.6 is 0 Å². The monoisotopic (exact) mass is 258 g/mol. The molecule has 1 aliphatic heterocycles. The van der Waals surface area contributed by atoms with Crippen LogP contribution in [-0.2, 0) is 16.1 Å². The average molecular weight is 258 g/mol.